The van der Waals surface area contributed by atoms with Gasteiger partial charge in [-0.2, -0.15) is 5.10 Å². The molecule has 1 N–H and O–H groups in total. The summed E-state index contributed by atoms with van der Waals surface area (Å²) in [6.07, 6.45) is 1.78. The molecule has 0 saturated carbocycles. The molecule has 5 heteroatoms. The number of para-hydroxylation sites is 1. The lowest BCUT2D eigenvalue weighted by atomic mass is 10.1. The molecule has 4 aromatic rings. The van der Waals surface area contributed by atoms with Crippen molar-refractivity contribution in [3.05, 3.63) is 83.6 Å². The first-order valence-corrected chi connectivity index (χ1v) is 8.51. The minimum Gasteiger partial charge on any atom is -0.363 e. The molecule has 0 aliphatic heterocycles. The summed E-state index contributed by atoms with van der Waals surface area (Å²) >= 11 is 6.27. The number of aromatic nitrogens is 3. The summed E-state index contributed by atoms with van der Waals surface area (Å²) in [5.74, 6) is 0.796. The summed E-state index contributed by atoms with van der Waals surface area (Å²) in [4.78, 5) is 4.43. The van der Waals surface area contributed by atoms with E-state index in [1.807, 2.05) is 59.3 Å². The van der Waals surface area contributed by atoms with Crippen molar-refractivity contribution >= 4 is 28.3 Å². The molecule has 2 aromatic carbocycles. The van der Waals surface area contributed by atoms with Gasteiger partial charge in [-0.15, -0.1) is 0 Å². The summed E-state index contributed by atoms with van der Waals surface area (Å²) < 4.78 is 1.84. The fourth-order valence-corrected chi connectivity index (χ4v) is 3.14. The Labute approximate surface area is 151 Å². The van der Waals surface area contributed by atoms with E-state index in [9.17, 15) is 0 Å². The Morgan fingerprint density at radius 2 is 1.76 bits per heavy atom. The molecule has 2 aromatic heterocycles. The van der Waals surface area contributed by atoms with Gasteiger partial charge in [0.15, 0.2) is 5.15 Å². The first kappa shape index (κ1) is 15.7. The quantitative estimate of drug-likeness (QED) is 0.548. The fraction of sp³-hybridized carbons (Fsp3) is 0.100. The molecule has 0 radical (unpaired) electrons. The van der Waals surface area contributed by atoms with Crippen LogP contribution in [0.1, 0.15) is 18.5 Å². The number of benzene rings is 2. The predicted molar refractivity (Wildman–Crippen MR) is 102 cm³/mol. The SMILES string of the molecule is CC(Nc1cc(-n2nc(Cl)c3ccccc32)ccn1)c1ccccc1. The second-order valence-electron chi connectivity index (χ2n) is 5.90. The number of nitrogens with one attached hydrogen (secondary N) is 1. The topological polar surface area (TPSA) is 42.7 Å². The van der Waals surface area contributed by atoms with Gasteiger partial charge in [-0.05, 0) is 30.7 Å². The van der Waals surface area contributed by atoms with Crippen LogP contribution in [0.3, 0.4) is 0 Å². The first-order chi connectivity index (χ1) is 12.2. The van der Waals surface area contributed by atoms with Gasteiger partial charge in [0, 0.05) is 23.7 Å². The maximum atomic E-state index is 6.27. The van der Waals surface area contributed by atoms with E-state index >= 15 is 0 Å². The summed E-state index contributed by atoms with van der Waals surface area (Å²) in [6.45, 7) is 2.11. The molecule has 0 aliphatic carbocycles. The normalized spacial score (nSPS) is 12.2. The van der Waals surface area contributed by atoms with Crippen molar-refractivity contribution in [1.29, 1.82) is 0 Å². The number of halogens is 1. The number of hydrogen-bond donors (Lipinski definition) is 1. The second kappa shape index (κ2) is 6.57. The van der Waals surface area contributed by atoms with E-state index in [-0.39, 0.29) is 6.04 Å². The molecule has 1 atom stereocenters. The van der Waals surface area contributed by atoms with Crippen LogP contribution in [0.5, 0.6) is 0 Å². The average molecular weight is 349 g/mol. The lowest BCUT2D eigenvalue weighted by Crippen LogP contribution is -2.08. The van der Waals surface area contributed by atoms with Crippen LogP contribution in [-0.2, 0) is 0 Å². The van der Waals surface area contributed by atoms with Crippen molar-refractivity contribution in [2.24, 2.45) is 0 Å². The van der Waals surface area contributed by atoms with Crippen molar-refractivity contribution in [3.8, 4) is 5.69 Å². The third-order valence-corrected chi connectivity index (χ3v) is 4.47. The molecule has 0 aliphatic rings. The minimum absolute atomic E-state index is 0.155. The van der Waals surface area contributed by atoms with E-state index in [1.165, 1.54) is 5.56 Å². The maximum absolute atomic E-state index is 6.27. The van der Waals surface area contributed by atoms with Crippen LogP contribution in [0.4, 0.5) is 5.82 Å². The highest BCUT2D eigenvalue weighted by Gasteiger charge is 2.11. The summed E-state index contributed by atoms with van der Waals surface area (Å²) in [7, 11) is 0. The molecular formula is C20H17ClN4. The predicted octanol–water partition coefficient (Wildman–Crippen LogP) is 5.25. The van der Waals surface area contributed by atoms with Crippen molar-refractivity contribution in [2.75, 3.05) is 5.32 Å². The number of anilines is 1. The second-order valence-corrected chi connectivity index (χ2v) is 6.25. The molecule has 2 heterocycles. The lowest BCUT2D eigenvalue weighted by Gasteiger charge is -2.15. The first-order valence-electron chi connectivity index (χ1n) is 8.13. The maximum Gasteiger partial charge on any atom is 0.159 e. The third kappa shape index (κ3) is 3.08. The van der Waals surface area contributed by atoms with Crippen molar-refractivity contribution in [2.45, 2.75) is 13.0 Å². The average Bonchev–Trinajstić information content (AvgIpc) is 3.00. The largest absolute Gasteiger partial charge is 0.363 e. The zero-order chi connectivity index (χ0) is 17.2. The van der Waals surface area contributed by atoms with E-state index in [2.05, 4.69) is 34.5 Å². The molecule has 0 amide bonds. The summed E-state index contributed by atoms with van der Waals surface area (Å²) in [6, 6.07) is 22.3. The number of rotatable bonds is 4. The van der Waals surface area contributed by atoms with Crippen LogP contribution in [0, 0.1) is 0 Å². The zero-order valence-electron chi connectivity index (χ0n) is 13.7. The van der Waals surface area contributed by atoms with Gasteiger partial charge in [-0.25, -0.2) is 9.67 Å². The van der Waals surface area contributed by atoms with Crippen LogP contribution < -0.4 is 5.32 Å². The smallest absolute Gasteiger partial charge is 0.159 e. The Morgan fingerprint density at radius 3 is 2.60 bits per heavy atom. The third-order valence-electron chi connectivity index (χ3n) is 4.19. The number of hydrogen-bond acceptors (Lipinski definition) is 3. The lowest BCUT2D eigenvalue weighted by molar-refractivity contribution is 0.868. The fourth-order valence-electron chi connectivity index (χ4n) is 2.90. The van der Waals surface area contributed by atoms with E-state index in [0.717, 1.165) is 22.4 Å². The van der Waals surface area contributed by atoms with E-state index < -0.39 is 0 Å². The molecule has 0 fully saturated rings. The van der Waals surface area contributed by atoms with Gasteiger partial charge in [0.1, 0.15) is 5.82 Å². The molecule has 4 nitrogen and oxygen atoms in total. The molecular weight excluding hydrogens is 332 g/mol. The van der Waals surface area contributed by atoms with Crippen LogP contribution >= 0.6 is 11.6 Å². The van der Waals surface area contributed by atoms with Gasteiger partial charge in [-0.3, -0.25) is 0 Å². The van der Waals surface area contributed by atoms with Gasteiger partial charge < -0.3 is 5.32 Å². The minimum atomic E-state index is 0.155. The van der Waals surface area contributed by atoms with Gasteiger partial charge in [0.05, 0.1) is 11.2 Å². The van der Waals surface area contributed by atoms with Crippen molar-refractivity contribution < 1.29 is 0 Å². The van der Waals surface area contributed by atoms with E-state index in [4.69, 9.17) is 11.6 Å². The Balaban J connectivity index is 1.67. The van der Waals surface area contributed by atoms with Crippen LogP contribution in [0.2, 0.25) is 5.15 Å². The Morgan fingerprint density at radius 1 is 1.00 bits per heavy atom. The van der Waals surface area contributed by atoms with E-state index in [1.54, 1.807) is 6.20 Å². The van der Waals surface area contributed by atoms with Gasteiger partial charge >= 0.3 is 0 Å². The van der Waals surface area contributed by atoms with Crippen molar-refractivity contribution in [1.82, 2.24) is 14.8 Å². The summed E-state index contributed by atoms with van der Waals surface area (Å²) in [5, 5.41) is 9.34. The number of pyridine rings is 1. The molecule has 0 spiro atoms. The standard InChI is InChI=1S/C20H17ClN4/c1-14(15-7-3-2-4-8-15)23-19-13-16(11-12-22-19)25-18-10-6-5-9-17(18)20(21)24-25/h2-14H,1H3,(H,22,23). The molecule has 25 heavy (non-hydrogen) atoms. The Bertz CT molecular complexity index is 1010. The number of fused-ring (bicyclic) bond motifs is 1. The van der Waals surface area contributed by atoms with Gasteiger partial charge in [-0.1, -0.05) is 54.1 Å². The van der Waals surface area contributed by atoms with Gasteiger partial charge in [0.2, 0.25) is 0 Å². The molecule has 0 bridgehead atoms. The van der Waals surface area contributed by atoms with Gasteiger partial charge in [0.25, 0.3) is 0 Å². The van der Waals surface area contributed by atoms with Crippen LogP contribution in [-0.4, -0.2) is 14.8 Å². The Hall–Kier alpha value is -2.85. The molecule has 0 saturated heterocycles. The van der Waals surface area contributed by atoms with Crippen molar-refractivity contribution in [3.63, 3.8) is 0 Å². The number of nitrogens with zero attached hydrogens (tertiary/aromatic N) is 3. The molecule has 124 valence electrons. The Kier molecular flexibility index (Phi) is 4.12. The van der Waals surface area contributed by atoms with Crippen LogP contribution in [0.15, 0.2) is 72.9 Å². The monoisotopic (exact) mass is 348 g/mol. The molecule has 1 unspecified atom stereocenters. The van der Waals surface area contributed by atoms with E-state index in [0.29, 0.717) is 5.15 Å². The zero-order valence-corrected chi connectivity index (χ0v) is 14.5. The highest BCUT2D eigenvalue weighted by atomic mass is 35.5. The molecule has 4 rings (SSSR count). The summed E-state index contributed by atoms with van der Waals surface area (Å²) in [5.41, 5.74) is 3.10. The van der Waals surface area contributed by atoms with Crippen LogP contribution in [0.25, 0.3) is 16.6 Å². The highest BCUT2D eigenvalue weighted by Crippen LogP contribution is 2.26. The highest BCUT2D eigenvalue weighted by molar-refractivity contribution is 6.34.